The van der Waals surface area contributed by atoms with E-state index < -0.39 is 75.4 Å². The molecule has 0 radical (unpaired) electrons. The van der Waals surface area contributed by atoms with E-state index in [0.29, 0.717) is 134 Å². The van der Waals surface area contributed by atoms with E-state index in [0.717, 1.165) is 112 Å². The SMILES string of the molecule is Cc1c(Cc2ccc(I)cc2F)c2c(=O)n(C3CC3)c(C)c(-c3cccc(CS(C)(=O)=O)c3Cl)c2oc1=O.Cc1c(Cc2ccc(I)cc2F)c2c(=O)n(C3CC3)c(C)c(-c3cccc(CS(C)(=O)=O)c3Cl)c2oc1=O.Cc1c(Cc2ccc(I)cc2F)c2c(=O)n(C3CC3)c(C)c(-c3cccc(C[S@@](C)=O)c3)c2oc1=O.Cc1c(Cc2ccc(I)cc2F)c2c(=O)n(C3CC3)c(C)c(-c3cccc(C[S@](C)=O)c3)c2oc1=O. The molecular weight excluding hydrogens is 2470 g/mol. The Morgan fingerprint density at radius 3 is 0.804 bits per heavy atom. The summed E-state index contributed by atoms with van der Waals surface area (Å²) in [6.45, 7) is 13.7. The third-order valence-corrected chi connectivity index (χ3v) is 34.1. The van der Waals surface area contributed by atoms with E-state index >= 15 is 0 Å². The summed E-state index contributed by atoms with van der Waals surface area (Å²) in [5.41, 5.74) is 11.5. The number of rotatable bonds is 24. The number of nitrogens with zero attached hydrogens (tertiary/aromatic N) is 4. The fraction of sp³-hybridized carbons (Fsp3) is 0.286. The Morgan fingerprint density at radius 2 is 0.574 bits per heavy atom. The van der Waals surface area contributed by atoms with Gasteiger partial charge in [-0.3, -0.25) is 27.6 Å². The van der Waals surface area contributed by atoms with Crippen molar-refractivity contribution in [3.63, 3.8) is 0 Å². The predicted octanol–water partition coefficient (Wildman–Crippen LogP) is 23.8. The Hall–Kier alpha value is -10.2. The molecule has 22 nitrogen and oxygen atoms in total. The zero-order valence-electron chi connectivity index (χ0n) is 82.2. The van der Waals surface area contributed by atoms with Crippen LogP contribution in [-0.4, -0.2) is 68.5 Å². The number of fused-ring (bicyclic) bond motifs is 4. The molecule has 0 aliphatic heterocycles. The highest BCUT2D eigenvalue weighted by Crippen LogP contribution is 2.48. The van der Waals surface area contributed by atoms with Gasteiger partial charge in [0.05, 0.1) is 43.1 Å². The van der Waals surface area contributed by atoms with Crippen molar-refractivity contribution in [2.24, 2.45) is 0 Å². The van der Waals surface area contributed by atoms with Gasteiger partial charge in [0.15, 0.2) is 42.0 Å². The number of hydrogen-bond donors (Lipinski definition) is 0. The number of halogens is 10. The molecule has 0 bridgehead atoms. The third kappa shape index (κ3) is 23.0. The van der Waals surface area contributed by atoms with Gasteiger partial charge >= 0.3 is 22.5 Å². The highest BCUT2D eigenvalue weighted by atomic mass is 127. The molecule has 2 atom stereocenters. The van der Waals surface area contributed by atoms with Crippen LogP contribution < -0.4 is 44.7 Å². The van der Waals surface area contributed by atoms with Crippen molar-refractivity contribution in [1.29, 1.82) is 0 Å². The van der Waals surface area contributed by atoms with Crippen molar-refractivity contribution < 1.29 is 60.5 Å². The second kappa shape index (κ2) is 43.9. The number of pyridine rings is 4. The van der Waals surface area contributed by atoms with Gasteiger partial charge in [-0.05, 0) is 324 Å². The van der Waals surface area contributed by atoms with Gasteiger partial charge in [0.25, 0.3) is 22.2 Å². The highest BCUT2D eigenvalue weighted by molar-refractivity contribution is 14.1. The molecule has 4 aliphatic carbocycles. The fourth-order valence-electron chi connectivity index (χ4n) is 19.7. The Bertz CT molecular complexity index is 8620. The number of hydrogen-bond acceptors (Lipinski definition) is 18. The van der Waals surface area contributed by atoms with Gasteiger partial charge in [-0.2, -0.15) is 0 Å². The second-order valence-electron chi connectivity index (χ2n) is 38.4. The van der Waals surface area contributed by atoms with Gasteiger partial charge in [0.2, 0.25) is 0 Å². The maximum absolute atomic E-state index is 14.9. The zero-order chi connectivity index (χ0) is 106. The van der Waals surface area contributed by atoms with Gasteiger partial charge in [-0.25, -0.2) is 53.6 Å². The number of benzene rings is 8. The molecule has 8 aromatic carbocycles. The lowest BCUT2D eigenvalue weighted by Gasteiger charge is -2.20. The summed E-state index contributed by atoms with van der Waals surface area (Å²) in [7, 11) is -8.80. The molecule has 20 rings (SSSR count). The summed E-state index contributed by atoms with van der Waals surface area (Å²) >= 11 is 21.7. The summed E-state index contributed by atoms with van der Waals surface area (Å²) in [6.07, 6.45) is 12.7. The van der Waals surface area contributed by atoms with Crippen molar-refractivity contribution in [3.05, 3.63) is 400 Å². The van der Waals surface area contributed by atoms with Crippen LogP contribution in [0.1, 0.15) is 187 Å². The fourth-order valence-corrected chi connectivity index (χ4v) is 25.1. The third-order valence-electron chi connectivity index (χ3n) is 27.3. The average Bonchev–Trinajstić information content (AvgIpc) is 1.50. The Morgan fingerprint density at radius 1 is 0.338 bits per heavy atom. The Balaban J connectivity index is 0.000000135. The maximum Gasteiger partial charge on any atom is 0.339 e. The van der Waals surface area contributed by atoms with Crippen LogP contribution in [0.5, 0.6) is 0 Å². The van der Waals surface area contributed by atoms with Gasteiger partial charge in [0.1, 0.15) is 23.3 Å². The van der Waals surface area contributed by atoms with Crippen LogP contribution in [0.15, 0.2) is 214 Å². The summed E-state index contributed by atoms with van der Waals surface area (Å²) in [5, 5.41) is 1.46. The van der Waals surface area contributed by atoms with Crippen LogP contribution in [0.3, 0.4) is 0 Å². The highest BCUT2D eigenvalue weighted by Gasteiger charge is 2.38. The van der Waals surface area contributed by atoms with E-state index in [4.69, 9.17) is 40.9 Å². The van der Waals surface area contributed by atoms with Gasteiger partial charge in [-0.1, -0.05) is 132 Å². The van der Waals surface area contributed by atoms with E-state index in [1.807, 2.05) is 165 Å². The minimum Gasteiger partial charge on any atom is -0.422 e. The lowest BCUT2D eigenvalue weighted by atomic mass is 9.94. The van der Waals surface area contributed by atoms with Crippen molar-refractivity contribution >= 4 is 199 Å². The maximum atomic E-state index is 14.9. The zero-order valence-corrected chi connectivity index (χ0v) is 95.6. The van der Waals surface area contributed by atoms with Gasteiger partial charge in [-0.15, -0.1) is 0 Å². The molecule has 36 heteroatoms. The van der Waals surface area contributed by atoms with Crippen LogP contribution in [-0.2, 0) is 90.0 Å². The lowest BCUT2D eigenvalue weighted by Crippen LogP contribution is -2.25. The number of aromatic nitrogens is 4. The standard InChI is InChI=1S/2C28H24ClFINO5S.2C28H25FINO4S/c2*1-14-21(11-16-7-8-18(31)12-22(16)30)24-26(37-28(14)34)23(15(2)32(27(24)33)19-9-10-19)20-6-4-5-17(25(20)29)13-38(3,35)36;2*1-15-22(12-18-7-8-20(30)13-23(18)29)25-26(35-28(15)33)24(16(2)31(27(25)32)21-9-10-21)19-6-4-5-17(11-19)14-36(3)34/h2*4-8,12,19H,9-11,13H2,1-3H3;2*4-8,11,13,21H,9-10,12,14H2,1-3H3/t;;2*36-/m..10/s1. The minimum atomic E-state index is -3.38. The first-order valence-electron chi connectivity index (χ1n) is 47.4. The molecule has 8 aromatic heterocycles. The normalized spacial score (nSPS) is 14.1. The van der Waals surface area contributed by atoms with E-state index in [2.05, 4.69) is 0 Å². The molecule has 0 N–H and O–H groups in total. The molecule has 16 aromatic rings. The summed E-state index contributed by atoms with van der Waals surface area (Å²) in [5.74, 6) is -1.34. The van der Waals surface area contributed by atoms with E-state index in [1.54, 1.807) is 145 Å². The quantitative estimate of drug-likeness (QED) is 0.0401. The summed E-state index contributed by atoms with van der Waals surface area (Å²) < 4.78 is 164. The van der Waals surface area contributed by atoms with E-state index in [9.17, 15) is 81.2 Å². The van der Waals surface area contributed by atoms with Crippen LogP contribution in [0.4, 0.5) is 17.6 Å². The number of sulfone groups is 2. The largest absolute Gasteiger partial charge is 0.422 e. The van der Waals surface area contributed by atoms with Crippen molar-refractivity contribution in [2.75, 3.05) is 25.0 Å². The molecule has 148 heavy (non-hydrogen) atoms. The van der Waals surface area contributed by atoms with Crippen molar-refractivity contribution in [1.82, 2.24) is 18.3 Å². The van der Waals surface area contributed by atoms with Crippen LogP contribution in [0.2, 0.25) is 10.0 Å². The van der Waals surface area contributed by atoms with Crippen molar-refractivity contribution in [2.45, 2.75) is 180 Å². The topological polar surface area (TPSA) is 311 Å². The van der Waals surface area contributed by atoms with Crippen LogP contribution in [0.25, 0.3) is 88.4 Å². The minimum absolute atomic E-state index is 0.0150. The molecule has 4 saturated carbocycles. The molecular formula is C112H98Cl2F4I4N4O18S4. The van der Waals surface area contributed by atoms with E-state index in [-0.39, 0.29) is 150 Å². The van der Waals surface area contributed by atoms with Gasteiger partial charge < -0.3 is 35.9 Å². The molecule has 8 heterocycles. The molecule has 4 fully saturated rings. The van der Waals surface area contributed by atoms with Crippen molar-refractivity contribution in [3.8, 4) is 44.5 Å². The first-order valence-corrected chi connectivity index (χ1v) is 60.0. The molecule has 0 saturated heterocycles. The molecule has 0 spiro atoms. The average molecular weight is 2570 g/mol. The first-order chi connectivity index (χ1) is 70.0. The van der Waals surface area contributed by atoms with Gasteiger partial charge in [0, 0.05) is 201 Å². The predicted molar refractivity (Wildman–Crippen MR) is 610 cm³/mol. The summed E-state index contributed by atoms with van der Waals surface area (Å²) in [4.78, 5) is 108. The molecule has 0 unspecified atom stereocenters. The van der Waals surface area contributed by atoms with E-state index in [1.165, 1.54) is 24.3 Å². The Labute approximate surface area is 917 Å². The molecule has 4 aliphatic rings. The molecule has 768 valence electrons. The van der Waals surface area contributed by atoms with Crippen LogP contribution >= 0.6 is 114 Å². The first kappa shape index (κ1) is 109. The Kier molecular flexibility index (Phi) is 32.3. The smallest absolute Gasteiger partial charge is 0.339 e. The van der Waals surface area contributed by atoms with Crippen LogP contribution in [0, 0.1) is 92.9 Å². The second-order valence-corrected chi connectivity index (χ2v) is 51.3. The molecule has 0 amide bonds. The monoisotopic (exact) mass is 2570 g/mol. The lowest BCUT2D eigenvalue weighted by molar-refractivity contribution is 0.549. The summed E-state index contributed by atoms with van der Waals surface area (Å²) in [6, 6.07) is 45.0.